The van der Waals surface area contributed by atoms with Crippen LogP contribution in [-0.2, 0) is 0 Å². The van der Waals surface area contributed by atoms with E-state index in [9.17, 15) is 4.79 Å². The van der Waals surface area contributed by atoms with Crippen molar-refractivity contribution < 1.29 is 4.79 Å². The summed E-state index contributed by atoms with van der Waals surface area (Å²) in [5.41, 5.74) is 7.22. The number of nitrogens with zero attached hydrogens (tertiary/aromatic N) is 1. The molecule has 1 aromatic heterocycles. The van der Waals surface area contributed by atoms with E-state index in [4.69, 9.17) is 5.73 Å². The third-order valence-electron chi connectivity index (χ3n) is 1.77. The summed E-state index contributed by atoms with van der Waals surface area (Å²) in [7, 11) is 0. The van der Waals surface area contributed by atoms with Gasteiger partial charge in [0, 0.05) is 4.47 Å². The van der Waals surface area contributed by atoms with Crippen LogP contribution in [0.1, 0.15) is 10.4 Å². The molecule has 0 aliphatic rings. The molecule has 2 rings (SSSR count). The molecule has 0 saturated heterocycles. The minimum absolute atomic E-state index is 0.444. The Morgan fingerprint density at radius 3 is 3.00 bits per heavy atom. The smallest absolute Gasteiger partial charge is 0.249 e. The summed E-state index contributed by atoms with van der Waals surface area (Å²) in [6.45, 7) is 0. The lowest BCUT2D eigenvalue weighted by molar-refractivity contribution is 0.0999. The number of aromatic nitrogens is 2. The van der Waals surface area contributed by atoms with Gasteiger partial charge in [-0.2, -0.15) is 0 Å². The van der Waals surface area contributed by atoms with Crippen LogP contribution in [0.25, 0.3) is 11.0 Å². The Labute approximate surface area is 82.3 Å². The number of carbonyl (C=O) groups is 1. The Morgan fingerprint density at radius 1 is 1.54 bits per heavy atom. The number of nitrogens with one attached hydrogen (secondary N) is 1. The Bertz CT molecular complexity index is 477. The first-order valence-electron chi connectivity index (χ1n) is 3.61. The van der Waals surface area contributed by atoms with Gasteiger partial charge in [0.2, 0.25) is 5.91 Å². The second-order valence-electron chi connectivity index (χ2n) is 2.62. The molecule has 1 amide bonds. The fourth-order valence-electron chi connectivity index (χ4n) is 1.14. The molecule has 1 aromatic carbocycles. The number of benzene rings is 1. The molecule has 5 heteroatoms. The second-order valence-corrected chi connectivity index (χ2v) is 3.47. The van der Waals surface area contributed by atoms with E-state index >= 15 is 0 Å². The van der Waals surface area contributed by atoms with Gasteiger partial charge in [-0.1, -0.05) is 0 Å². The largest absolute Gasteiger partial charge is 0.366 e. The van der Waals surface area contributed by atoms with Gasteiger partial charge >= 0.3 is 0 Å². The molecule has 0 atom stereocenters. The minimum Gasteiger partial charge on any atom is -0.366 e. The second kappa shape index (κ2) is 2.85. The van der Waals surface area contributed by atoms with Gasteiger partial charge in [0.25, 0.3) is 0 Å². The third-order valence-corrected chi connectivity index (χ3v) is 2.43. The molecule has 0 saturated carbocycles. The first-order valence-corrected chi connectivity index (χ1v) is 4.40. The maximum atomic E-state index is 10.9. The number of imidazole rings is 1. The molecule has 3 N–H and O–H groups in total. The monoisotopic (exact) mass is 239 g/mol. The van der Waals surface area contributed by atoms with Crippen molar-refractivity contribution in [3.8, 4) is 0 Å². The normalized spacial score (nSPS) is 10.5. The zero-order valence-electron chi connectivity index (χ0n) is 6.54. The Hall–Kier alpha value is -1.36. The number of amides is 1. The molecule has 0 unspecified atom stereocenters. The average molecular weight is 240 g/mol. The van der Waals surface area contributed by atoms with Crippen LogP contribution >= 0.6 is 15.9 Å². The minimum atomic E-state index is -0.461. The highest BCUT2D eigenvalue weighted by Crippen LogP contribution is 2.21. The van der Waals surface area contributed by atoms with Gasteiger partial charge in [-0.15, -0.1) is 0 Å². The Morgan fingerprint density at radius 2 is 2.31 bits per heavy atom. The van der Waals surface area contributed by atoms with Crippen LogP contribution in [0.4, 0.5) is 0 Å². The Balaban J connectivity index is 2.76. The standard InChI is InChI=1S/C8H6BrN3O/c9-5-2-7-6(11-3-12-7)1-4(5)8(10)13/h1-3H,(H2,10,13)(H,11,12). The van der Waals surface area contributed by atoms with E-state index in [0.717, 1.165) is 11.0 Å². The number of aromatic amines is 1. The molecule has 66 valence electrons. The van der Waals surface area contributed by atoms with Crippen LogP contribution in [0.3, 0.4) is 0 Å². The van der Waals surface area contributed by atoms with Crippen LogP contribution in [0.5, 0.6) is 0 Å². The molecule has 0 aliphatic carbocycles. The van der Waals surface area contributed by atoms with Crippen molar-refractivity contribution in [2.75, 3.05) is 0 Å². The van der Waals surface area contributed by atoms with Gasteiger partial charge in [-0.05, 0) is 28.1 Å². The first kappa shape index (κ1) is 8.25. The lowest BCUT2D eigenvalue weighted by Gasteiger charge is -1.98. The van der Waals surface area contributed by atoms with Crippen molar-refractivity contribution in [3.05, 3.63) is 28.5 Å². The zero-order valence-corrected chi connectivity index (χ0v) is 8.13. The molecule has 0 fully saturated rings. The zero-order chi connectivity index (χ0) is 9.42. The predicted octanol–water partition coefficient (Wildman–Crippen LogP) is 1.42. The maximum Gasteiger partial charge on any atom is 0.249 e. The molecule has 0 bridgehead atoms. The van der Waals surface area contributed by atoms with Crippen molar-refractivity contribution >= 4 is 32.9 Å². The number of hydrogen-bond donors (Lipinski definition) is 2. The number of rotatable bonds is 1. The highest BCUT2D eigenvalue weighted by Gasteiger charge is 2.08. The number of primary amides is 1. The van der Waals surface area contributed by atoms with Crippen LogP contribution in [-0.4, -0.2) is 15.9 Å². The highest BCUT2D eigenvalue weighted by molar-refractivity contribution is 9.10. The van der Waals surface area contributed by atoms with E-state index in [-0.39, 0.29) is 0 Å². The SMILES string of the molecule is NC(=O)c1cc2nc[nH]c2cc1Br. The summed E-state index contributed by atoms with van der Waals surface area (Å²) in [5.74, 6) is -0.461. The van der Waals surface area contributed by atoms with Crippen LogP contribution < -0.4 is 5.73 Å². The number of carbonyl (C=O) groups excluding carboxylic acids is 1. The fraction of sp³-hybridized carbons (Fsp3) is 0. The number of nitrogens with two attached hydrogens (primary N) is 1. The lowest BCUT2D eigenvalue weighted by Crippen LogP contribution is -2.11. The molecule has 1 heterocycles. The Kier molecular flexibility index (Phi) is 1.81. The molecule has 0 radical (unpaired) electrons. The van der Waals surface area contributed by atoms with Gasteiger partial charge < -0.3 is 10.7 Å². The average Bonchev–Trinajstić information content (AvgIpc) is 2.48. The summed E-state index contributed by atoms with van der Waals surface area (Å²) in [6, 6.07) is 3.43. The van der Waals surface area contributed by atoms with E-state index in [1.54, 1.807) is 18.5 Å². The summed E-state index contributed by atoms with van der Waals surface area (Å²) >= 11 is 3.25. The van der Waals surface area contributed by atoms with Crippen molar-refractivity contribution in [1.29, 1.82) is 0 Å². The molecular weight excluding hydrogens is 234 g/mol. The van der Waals surface area contributed by atoms with Gasteiger partial charge in [0.15, 0.2) is 0 Å². The van der Waals surface area contributed by atoms with Crippen LogP contribution in [0.2, 0.25) is 0 Å². The van der Waals surface area contributed by atoms with Gasteiger partial charge in [0.1, 0.15) is 0 Å². The molecule has 4 nitrogen and oxygen atoms in total. The summed E-state index contributed by atoms with van der Waals surface area (Å²) in [4.78, 5) is 17.9. The quantitative estimate of drug-likeness (QED) is 0.791. The van der Waals surface area contributed by atoms with Crippen molar-refractivity contribution in [2.45, 2.75) is 0 Å². The number of halogens is 1. The van der Waals surface area contributed by atoms with Gasteiger partial charge in [0.05, 0.1) is 22.9 Å². The van der Waals surface area contributed by atoms with Gasteiger partial charge in [-0.3, -0.25) is 4.79 Å². The predicted molar refractivity (Wildman–Crippen MR) is 52.3 cm³/mol. The van der Waals surface area contributed by atoms with Gasteiger partial charge in [-0.25, -0.2) is 4.98 Å². The van der Waals surface area contributed by atoms with Crippen LogP contribution in [0, 0.1) is 0 Å². The molecular formula is C8H6BrN3O. The number of hydrogen-bond acceptors (Lipinski definition) is 2. The van der Waals surface area contributed by atoms with E-state index in [2.05, 4.69) is 25.9 Å². The number of H-pyrrole nitrogens is 1. The molecule has 0 aliphatic heterocycles. The third kappa shape index (κ3) is 1.31. The van der Waals surface area contributed by atoms with E-state index in [1.807, 2.05) is 0 Å². The summed E-state index contributed by atoms with van der Waals surface area (Å²) < 4.78 is 0.678. The maximum absolute atomic E-state index is 10.9. The molecule has 0 spiro atoms. The van der Waals surface area contributed by atoms with Crippen LogP contribution in [0.15, 0.2) is 22.9 Å². The molecule has 13 heavy (non-hydrogen) atoms. The van der Waals surface area contributed by atoms with Crippen molar-refractivity contribution in [3.63, 3.8) is 0 Å². The van der Waals surface area contributed by atoms with E-state index < -0.39 is 5.91 Å². The lowest BCUT2D eigenvalue weighted by atomic mass is 10.2. The fourth-order valence-corrected chi connectivity index (χ4v) is 1.68. The molecule has 2 aromatic rings. The summed E-state index contributed by atoms with van der Waals surface area (Å²) in [5, 5.41) is 0. The first-order chi connectivity index (χ1) is 6.18. The van der Waals surface area contributed by atoms with E-state index in [1.165, 1.54) is 0 Å². The topological polar surface area (TPSA) is 71.8 Å². The van der Waals surface area contributed by atoms with Crippen molar-refractivity contribution in [1.82, 2.24) is 9.97 Å². The number of fused-ring (bicyclic) bond motifs is 1. The van der Waals surface area contributed by atoms with E-state index in [0.29, 0.717) is 10.0 Å². The highest BCUT2D eigenvalue weighted by atomic mass is 79.9. The summed E-state index contributed by atoms with van der Waals surface area (Å²) in [6.07, 6.45) is 1.57. The van der Waals surface area contributed by atoms with Crippen molar-refractivity contribution in [2.24, 2.45) is 5.73 Å².